The van der Waals surface area contributed by atoms with Crippen LogP contribution >= 0.6 is 0 Å². The van der Waals surface area contributed by atoms with E-state index in [9.17, 15) is 19.5 Å². The predicted octanol–water partition coefficient (Wildman–Crippen LogP) is 4.56. The molecule has 2 aliphatic rings. The molecule has 1 aromatic rings. The molecule has 3 atom stereocenters. The largest absolute Gasteiger partial charge is 0.390 e. The van der Waals surface area contributed by atoms with Gasteiger partial charge in [0.25, 0.3) is 0 Å². The zero-order chi connectivity index (χ0) is 27.0. The van der Waals surface area contributed by atoms with E-state index < -0.39 is 18.2 Å². The molecular formula is C31H49N3O4. The van der Waals surface area contributed by atoms with Crippen molar-refractivity contribution >= 4 is 17.7 Å². The fraction of sp³-hybridized carbons (Fsp3) is 0.710. The standard InChI is InChI=1S/C31H49N3O4/c35-27-23-29(37)34-30(25-18-12-9-13-19-25)31(38)32-21-15-7-5-3-1-2-4-6-14-20-28(36)33-26(27)22-24-16-10-8-11-17-24/h8,10-11,16-17,25-27,30,35H,1-7,9,12-15,18-23H2,(H,32,38)(H,33,36)(H,34,37)/t26-,27-,30-/m0/s1. The van der Waals surface area contributed by atoms with Crippen molar-refractivity contribution in [2.45, 2.75) is 127 Å². The number of amides is 3. The Bertz CT molecular complexity index is 841. The lowest BCUT2D eigenvalue weighted by Crippen LogP contribution is -2.53. The maximum absolute atomic E-state index is 13.2. The van der Waals surface area contributed by atoms with E-state index >= 15 is 0 Å². The molecule has 0 radical (unpaired) electrons. The Labute approximate surface area is 228 Å². The van der Waals surface area contributed by atoms with Gasteiger partial charge in [-0.25, -0.2) is 0 Å². The van der Waals surface area contributed by atoms with Gasteiger partial charge >= 0.3 is 0 Å². The minimum absolute atomic E-state index is 0.0873. The Kier molecular flexibility index (Phi) is 13.7. The first-order valence-electron chi connectivity index (χ1n) is 15.1. The maximum atomic E-state index is 13.2. The number of aliphatic hydroxyl groups is 1. The van der Waals surface area contributed by atoms with Crippen LogP contribution in [0.5, 0.6) is 0 Å². The summed E-state index contributed by atoms with van der Waals surface area (Å²) < 4.78 is 0. The molecule has 0 aromatic heterocycles. The Morgan fingerprint density at radius 2 is 1.32 bits per heavy atom. The fourth-order valence-electron chi connectivity index (χ4n) is 5.83. The van der Waals surface area contributed by atoms with Gasteiger partial charge in [0.2, 0.25) is 17.7 Å². The highest BCUT2D eigenvalue weighted by Crippen LogP contribution is 2.27. The fourth-order valence-corrected chi connectivity index (χ4v) is 5.83. The van der Waals surface area contributed by atoms with Crippen LogP contribution in [0.15, 0.2) is 30.3 Å². The lowest BCUT2D eigenvalue weighted by molar-refractivity contribution is -0.132. The molecule has 1 saturated heterocycles. The SMILES string of the molecule is O=C1C[C@H](O)[C@H](Cc2ccccc2)NC(=O)CCCCCCCCCCCNC(=O)[C@H](C2CCCCC2)N1. The van der Waals surface area contributed by atoms with Crippen molar-refractivity contribution in [3.63, 3.8) is 0 Å². The van der Waals surface area contributed by atoms with Gasteiger partial charge in [0, 0.05) is 13.0 Å². The topological polar surface area (TPSA) is 108 Å². The molecule has 1 aliphatic heterocycles. The van der Waals surface area contributed by atoms with E-state index in [2.05, 4.69) is 16.0 Å². The summed E-state index contributed by atoms with van der Waals surface area (Å²) in [6, 6.07) is 8.55. The van der Waals surface area contributed by atoms with Gasteiger partial charge in [-0.1, -0.05) is 94.5 Å². The first-order chi connectivity index (χ1) is 18.5. The summed E-state index contributed by atoms with van der Waals surface area (Å²) in [4.78, 5) is 39.0. The summed E-state index contributed by atoms with van der Waals surface area (Å²) in [5.74, 6) is -0.428. The zero-order valence-electron chi connectivity index (χ0n) is 23.1. The quantitative estimate of drug-likeness (QED) is 0.462. The van der Waals surface area contributed by atoms with E-state index in [1.807, 2.05) is 30.3 Å². The summed E-state index contributed by atoms with van der Waals surface area (Å²) in [6.07, 6.45) is 14.6. The second-order valence-electron chi connectivity index (χ2n) is 11.3. The van der Waals surface area contributed by atoms with Crippen molar-refractivity contribution in [1.82, 2.24) is 16.0 Å². The van der Waals surface area contributed by atoms with Crippen LogP contribution in [0.3, 0.4) is 0 Å². The molecule has 212 valence electrons. The van der Waals surface area contributed by atoms with E-state index in [1.165, 1.54) is 32.1 Å². The van der Waals surface area contributed by atoms with Crippen LogP contribution in [0, 0.1) is 5.92 Å². The minimum atomic E-state index is -1.05. The van der Waals surface area contributed by atoms with Gasteiger partial charge in [-0.15, -0.1) is 0 Å². The Balaban J connectivity index is 1.69. The van der Waals surface area contributed by atoms with Gasteiger partial charge in [-0.05, 0) is 43.6 Å². The normalized spacial score (nSPS) is 26.9. The van der Waals surface area contributed by atoms with Gasteiger partial charge < -0.3 is 21.1 Å². The molecule has 2 fully saturated rings. The van der Waals surface area contributed by atoms with E-state index in [0.717, 1.165) is 63.4 Å². The van der Waals surface area contributed by atoms with E-state index in [0.29, 0.717) is 19.4 Å². The molecule has 1 aromatic carbocycles. The van der Waals surface area contributed by atoms with Gasteiger partial charge in [0.05, 0.1) is 18.6 Å². The van der Waals surface area contributed by atoms with Gasteiger partial charge in [0.15, 0.2) is 0 Å². The molecule has 1 aliphatic carbocycles. The highest BCUT2D eigenvalue weighted by molar-refractivity contribution is 5.88. The molecule has 1 saturated carbocycles. The number of hydrogen-bond donors (Lipinski definition) is 4. The second kappa shape index (κ2) is 17.2. The van der Waals surface area contributed by atoms with Crippen LogP contribution in [-0.2, 0) is 20.8 Å². The summed E-state index contributed by atoms with van der Waals surface area (Å²) in [5, 5.41) is 20.1. The van der Waals surface area contributed by atoms with Crippen molar-refractivity contribution in [2.75, 3.05) is 6.54 Å². The molecule has 1 heterocycles. The average molecular weight is 528 g/mol. The lowest BCUT2D eigenvalue weighted by Gasteiger charge is -2.31. The molecule has 3 amide bonds. The molecular weight excluding hydrogens is 478 g/mol. The first kappa shape index (κ1) is 30.1. The Morgan fingerprint density at radius 1 is 0.711 bits per heavy atom. The van der Waals surface area contributed by atoms with Crippen LogP contribution in [0.2, 0.25) is 0 Å². The average Bonchev–Trinajstić information content (AvgIpc) is 2.92. The number of rotatable bonds is 3. The summed E-state index contributed by atoms with van der Waals surface area (Å²) in [5.41, 5.74) is 0.988. The molecule has 4 N–H and O–H groups in total. The molecule has 0 spiro atoms. The number of hydrogen-bond acceptors (Lipinski definition) is 4. The van der Waals surface area contributed by atoms with E-state index in [4.69, 9.17) is 0 Å². The first-order valence-corrected chi connectivity index (χ1v) is 15.1. The van der Waals surface area contributed by atoms with Gasteiger partial charge in [-0.3, -0.25) is 14.4 Å². The monoisotopic (exact) mass is 527 g/mol. The summed E-state index contributed by atoms with van der Waals surface area (Å²) >= 11 is 0. The van der Waals surface area contributed by atoms with Crippen LogP contribution in [0.1, 0.15) is 108 Å². The highest BCUT2D eigenvalue weighted by Gasteiger charge is 2.32. The molecule has 0 bridgehead atoms. The third kappa shape index (κ3) is 11.1. The third-order valence-electron chi connectivity index (χ3n) is 8.10. The summed E-state index contributed by atoms with van der Waals surface area (Å²) in [7, 11) is 0. The smallest absolute Gasteiger partial charge is 0.242 e. The Morgan fingerprint density at radius 3 is 2.00 bits per heavy atom. The van der Waals surface area contributed by atoms with Crippen LogP contribution < -0.4 is 16.0 Å². The van der Waals surface area contributed by atoms with Crippen molar-refractivity contribution < 1.29 is 19.5 Å². The zero-order valence-corrected chi connectivity index (χ0v) is 23.1. The second-order valence-corrected chi connectivity index (χ2v) is 11.3. The van der Waals surface area contributed by atoms with Crippen molar-refractivity contribution in [1.29, 1.82) is 0 Å². The van der Waals surface area contributed by atoms with E-state index in [-0.39, 0.29) is 30.1 Å². The molecule has 7 heteroatoms. The van der Waals surface area contributed by atoms with Crippen molar-refractivity contribution in [3.8, 4) is 0 Å². The van der Waals surface area contributed by atoms with Crippen LogP contribution in [0.25, 0.3) is 0 Å². The lowest BCUT2D eigenvalue weighted by atomic mass is 9.83. The number of carbonyl (C=O) groups excluding carboxylic acids is 3. The highest BCUT2D eigenvalue weighted by atomic mass is 16.3. The van der Waals surface area contributed by atoms with Gasteiger partial charge in [0.1, 0.15) is 6.04 Å². The third-order valence-corrected chi connectivity index (χ3v) is 8.10. The molecule has 7 nitrogen and oxygen atoms in total. The maximum Gasteiger partial charge on any atom is 0.242 e. The van der Waals surface area contributed by atoms with Crippen molar-refractivity contribution in [3.05, 3.63) is 35.9 Å². The number of benzene rings is 1. The number of aliphatic hydroxyl groups excluding tert-OH is 1. The van der Waals surface area contributed by atoms with Crippen LogP contribution in [0.4, 0.5) is 0 Å². The van der Waals surface area contributed by atoms with Crippen LogP contribution in [-0.4, -0.2) is 47.6 Å². The van der Waals surface area contributed by atoms with Crippen molar-refractivity contribution in [2.24, 2.45) is 5.92 Å². The number of nitrogens with one attached hydrogen (secondary N) is 3. The minimum Gasteiger partial charge on any atom is -0.390 e. The summed E-state index contributed by atoms with van der Waals surface area (Å²) in [6.45, 7) is 0.631. The molecule has 0 unspecified atom stereocenters. The van der Waals surface area contributed by atoms with E-state index in [1.54, 1.807) is 0 Å². The van der Waals surface area contributed by atoms with Gasteiger partial charge in [-0.2, -0.15) is 0 Å². The molecule has 38 heavy (non-hydrogen) atoms. The molecule has 3 rings (SSSR count). The predicted molar refractivity (Wildman–Crippen MR) is 150 cm³/mol. The number of carbonyl (C=O) groups is 3. The Hall–Kier alpha value is -2.41.